The van der Waals surface area contributed by atoms with Crippen LogP contribution in [0.5, 0.6) is 0 Å². The fourth-order valence-corrected chi connectivity index (χ4v) is 1.48. The zero-order chi connectivity index (χ0) is 16.8. The van der Waals surface area contributed by atoms with E-state index in [4.69, 9.17) is 9.47 Å². The maximum Gasteiger partial charge on any atom is 0.341 e. The molecular formula is C19H24O3. The molecule has 0 aromatic rings. The van der Waals surface area contributed by atoms with Crippen LogP contribution in [0.2, 0.25) is 0 Å². The minimum atomic E-state index is -0.487. The molecule has 0 spiro atoms. The molecule has 3 heteroatoms. The quantitative estimate of drug-likeness (QED) is 0.273. The summed E-state index contributed by atoms with van der Waals surface area (Å²) in [6.07, 6.45) is 15.9. The van der Waals surface area contributed by atoms with E-state index in [-0.39, 0.29) is 0 Å². The second-order valence-corrected chi connectivity index (χ2v) is 4.11. The van der Waals surface area contributed by atoms with Gasteiger partial charge in [-0.05, 0) is 31.6 Å². The number of methoxy groups -OCH3 is 1. The summed E-state index contributed by atoms with van der Waals surface area (Å²) in [6.45, 7) is 11.4. The lowest BCUT2D eigenvalue weighted by Crippen LogP contribution is -2.10. The summed E-state index contributed by atoms with van der Waals surface area (Å²) < 4.78 is 10.5. The lowest BCUT2D eigenvalue weighted by Gasteiger charge is -2.12. The third kappa shape index (κ3) is 7.29. The van der Waals surface area contributed by atoms with Crippen molar-refractivity contribution in [1.29, 1.82) is 0 Å². The predicted octanol–water partition coefficient (Wildman–Crippen LogP) is 4.44. The van der Waals surface area contributed by atoms with Gasteiger partial charge in [0.15, 0.2) is 0 Å². The molecule has 0 aliphatic rings. The Balaban J connectivity index is 5.17. The summed E-state index contributed by atoms with van der Waals surface area (Å²) in [6, 6.07) is 0. The van der Waals surface area contributed by atoms with Gasteiger partial charge in [-0.2, -0.15) is 0 Å². The molecule has 0 saturated heterocycles. The zero-order valence-corrected chi connectivity index (χ0v) is 13.5. The van der Waals surface area contributed by atoms with Crippen molar-refractivity contribution in [3.63, 3.8) is 0 Å². The van der Waals surface area contributed by atoms with Crippen LogP contribution in [0, 0.1) is 0 Å². The van der Waals surface area contributed by atoms with E-state index in [0.717, 1.165) is 5.57 Å². The number of esters is 1. The lowest BCUT2D eigenvalue weighted by atomic mass is 10.2. The van der Waals surface area contributed by atoms with E-state index in [1.807, 2.05) is 44.2 Å². The fourth-order valence-electron chi connectivity index (χ4n) is 1.48. The van der Waals surface area contributed by atoms with Crippen LogP contribution in [0.15, 0.2) is 84.7 Å². The van der Waals surface area contributed by atoms with E-state index in [0.29, 0.717) is 17.9 Å². The number of rotatable bonds is 9. The largest absolute Gasteiger partial charge is 0.488 e. The minimum absolute atomic E-state index is 0.297. The molecule has 0 aliphatic carbocycles. The van der Waals surface area contributed by atoms with Gasteiger partial charge in [0.1, 0.15) is 17.9 Å². The molecule has 0 radical (unpaired) electrons. The van der Waals surface area contributed by atoms with Gasteiger partial charge in [-0.3, -0.25) is 0 Å². The predicted molar refractivity (Wildman–Crippen MR) is 92.2 cm³/mol. The minimum Gasteiger partial charge on any atom is -0.488 e. The first-order chi connectivity index (χ1) is 10.6. The van der Waals surface area contributed by atoms with Crippen molar-refractivity contribution in [3.05, 3.63) is 84.7 Å². The van der Waals surface area contributed by atoms with Gasteiger partial charge < -0.3 is 9.47 Å². The first-order valence-electron chi connectivity index (χ1n) is 6.96. The summed E-state index contributed by atoms with van der Waals surface area (Å²) in [5.74, 6) is -0.0972. The summed E-state index contributed by atoms with van der Waals surface area (Å²) in [4.78, 5) is 11.8. The molecule has 0 unspecified atom stereocenters. The topological polar surface area (TPSA) is 35.5 Å². The van der Waals surface area contributed by atoms with Crippen LogP contribution < -0.4 is 0 Å². The SMILES string of the molecule is C=C/C=C(OCC(/C=C\C=C/C)=C/C)\C(=C/C=C)C(=O)OC. The monoisotopic (exact) mass is 300 g/mol. The highest BCUT2D eigenvalue weighted by Crippen LogP contribution is 2.16. The highest BCUT2D eigenvalue weighted by Gasteiger charge is 2.15. The van der Waals surface area contributed by atoms with Crippen LogP contribution in [0.1, 0.15) is 13.8 Å². The second-order valence-electron chi connectivity index (χ2n) is 4.11. The number of hydrogen-bond donors (Lipinski definition) is 0. The number of ether oxygens (including phenoxy) is 2. The van der Waals surface area contributed by atoms with Crippen molar-refractivity contribution in [1.82, 2.24) is 0 Å². The lowest BCUT2D eigenvalue weighted by molar-refractivity contribution is -0.136. The third-order valence-electron chi connectivity index (χ3n) is 2.60. The van der Waals surface area contributed by atoms with Gasteiger partial charge in [0.2, 0.25) is 0 Å². The van der Waals surface area contributed by atoms with Gasteiger partial charge in [0.05, 0.1) is 7.11 Å². The van der Waals surface area contributed by atoms with E-state index in [1.54, 1.807) is 18.2 Å². The standard InChI is InChI=1S/C19H24O3/c1-6-10-11-14-16(9-4)15-22-18(13-8-3)17(12-7-2)19(20)21-5/h6-14H,2-3,15H2,1,4-5H3/b10-6-,14-11-,16-9+,17-12+,18-13+. The normalized spacial score (nSPS) is 13.5. The molecule has 0 rings (SSSR count). The molecule has 0 saturated carbocycles. The summed E-state index contributed by atoms with van der Waals surface area (Å²) in [5, 5.41) is 0. The van der Waals surface area contributed by atoms with Gasteiger partial charge in [0, 0.05) is 0 Å². The Bertz CT molecular complexity index is 529. The van der Waals surface area contributed by atoms with E-state index in [9.17, 15) is 4.79 Å². The smallest absolute Gasteiger partial charge is 0.341 e. The van der Waals surface area contributed by atoms with Gasteiger partial charge >= 0.3 is 5.97 Å². The molecule has 0 atom stereocenters. The number of hydrogen-bond acceptors (Lipinski definition) is 3. The van der Waals surface area contributed by atoms with Crippen LogP contribution in [-0.4, -0.2) is 19.7 Å². The Morgan fingerprint density at radius 1 is 1.09 bits per heavy atom. The maximum absolute atomic E-state index is 11.8. The van der Waals surface area contributed by atoms with Gasteiger partial charge in [-0.1, -0.05) is 55.7 Å². The Morgan fingerprint density at radius 2 is 1.77 bits per heavy atom. The van der Waals surface area contributed by atoms with Crippen molar-refractivity contribution in [3.8, 4) is 0 Å². The molecule has 0 heterocycles. The van der Waals surface area contributed by atoms with E-state index >= 15 is 0 Å². The average molecular weight is 300 g/mol. The molecular weight excluding hydrogens is 276 g/mol. The van der Waals surface area contributed by atoms with E-state index in [2.05, 4.69) is 13.2 Å². The molecule has 0 aliphatic heterocycles. The van der Waals surface area contributed by atoms with Crippen molar-refractivity contribution < 1.29 is 14.3 Å². The summed E-state index contributed by atoms with van der Waals surface area (Å²) in [7, 11) is 1.32. The summed E-state index contributed by atoms with van der Waals surface area (Å²) in [5.41, 5.74) is 1.28. The summed E-state index contributed by atoms with van der Waals surface area (Å²) >= 11 is 0. The average Bonchev–Trinajstić information content (AvgIpc) is 2.54. The highest BCUT2D eigenvalue weighted by molar-refractivity contribution is 5.93. The third-order valence-corrected chi connectivity index (χ3v) is 2.60. The van der Waals surface area contributed by atoms with Crippen molar-refractivity contribution in [2.24, 2.45) is 0 Å². The molecule has 0 amide bonds. The Hall–Kier alpha value is -2.55. The van der Waals surface area contributed by atoms with Crippen molar-refractivity contribution in [2.75, 3.05) is 13.7 Å². The van der Waals surface area contributed by atoms with Crippen molar-refractivity contribution in [2.45, 2.75) is 13.8 Å². The molecule has 0 N–H and O–H groups in total. The number of carbonyl (C=O) groups is 1. The molecule has 3 nitrogen and oxygen atoms in total. The van der Waals surface area contributed by atoms with Crippen LogP contribution in [-0.2, 0) is 14.3 Å². The van der Waals surface area contributed by atoms with Crippen LogP contribution in [0.25, 0.3) is 0 Å². The van der Waals surface area contributed by atoms with Gasteiger partial charge in [-0.15, -0.1) is 0 Å². The Morgan fingerprint density at radius 3 is 2.27 bits per heavy atom. The Kier molecular flexibility index (Phi) is 10.8. The number of carbonyl (C=O) groups excluding carboxylic acids is 1. The second kappa shape index (κ2) is 12.2. The van der Waals surface area contributed by atoms with E-state index in [1.165, 1.54) is 13.2 Å². The molecule has 118 valence electrons. The first kappa shape index (κ1) is 19.4. The van der Waals surface area contributed by atoms with E-state index < -0.39 is 5.97 Å². The zero-order valence-electron chi connectivity index (χ0n) is 13.5. The van der Waals surface area contributed by atoms with Crippen LogP contribution in [0.3, 0.4) is 0 Å². The molecule has 0 aromatic heterocycles. The van der Waals surface area contributed by atoms with Crippen molar-refractivity contribution >= 4 is 5.97 Å². The Labute approximate surface area is 133 Å². The molecule has 0 aromatic carbocycles. The fraction of sp³-hybridized carbons (Fsp3) is 0.211. The van der Waals surface area contributed by atoms with Gasteiger partial charge in [0.25, 0.3) is 0 Å². The molecule has 0 bridgehead atoms. The maximum atomic E-state index is 11.8. The van der Waals surface area contributed by atoms with Crippen LogP contribution >= 0.6 is 0 Å². The first-order valence-corrected chi connectivity index (χ1v) is 6.96. The molecule has 0 fully saturated rings. The highest BCUT2D eigenvalue weighted by atomic mass is 16.5. The number of allylic oxidation sites excluding steroid dienone is 8. The van der Waals surface area contributed by atoms with Crippen LogP contribution in [0.4, 0.5) is 0 Å². The molecule has 22 heavy (non-hydrogen) atoms. The van der Waals surface area contributed by atoms with Gasteiger partial charge in [-0.25, -0.2) is 4.79 Å².